The van der Waals surface area contributed by atoms with Gasteiger partial charge >= 0.3 is 11.9 Å². The van der Waals surface area contributed by atoms with Crippen LogP contribution in [0.3, 0.4) is 0 Å². The van der Waals surface area contributed by atoms with Crippen molar-refractivity contribution in [2.45, 2.75) is 51.0 Å². The molecule has 4 N–H and O–H groups in total. The number of carboxylic acid groups (broad SMARTS) is 2. The van der Waals surface area contributed by atoms with Crippen molar-refractivity contribution >= 4 is 11.9 Å². The van der Waals surface area contributed by atoms with Gasteiger partial charge in [0.15, 0.2) is 0 Å². The van der Waals surface area contributed by atoms with Gasteiger partial charge in [-0.05, 0) is 18.8 Å². The van der Waals surface area contributed by atoms with Gasteiger partial charge < -0.3 is 15.9 Å². The molecule has 0 bridgehead atoms. The normalized spacial score (nSPS) is 20.8. The number of aliphatic carboxylic acids is 2. The lowest BCUT2D eigenvalue weighted by atomic mass is 9.81. The molecule has 0 aromatic rings. The van der Waals surface area contributed by atoms with Gasteiger partial charge in [-0.3, -0.25) is 9.59 Å². The van der Waals surface area contributed by atoms with Crippen LogP contribution in [0.2, 0.25) is 0 Å². The van der Waals surface area contributed by atoms with Crippen molar-refractivity contribution in [2.75, 3.05) is 0 Å². The molecular formula is C12H21NO4. The van der Waals surface area contributed by atoms with E-state index in [4.69, 9.17) is 15.9 Å². The molecule has 0 heterocycles. The minimum absolute atomic E-state index is 0.0289. The predicted molar refractivity (Wildman–Crippen MR) is 62.5 cm³/mol. The highest BCUT2D eigenvalue weighted by Crippen LogP contribution is 2.30. The lowest BCUT2D eigenvalue weighted by Gasteiger charge is -2.25. The van der Waals surface area contributed by atoms with Crippen LogP contribution in [0.1, 0.15) is 44.9 Å². The smallest absolute Gasteiger partial charge is 0.320 e. The van der Waals surface area contributed by atoms with E-state index in [1.165, 1.54) is 6.42 Å². The lowest BCUT2D eigenvalue weighted by molar-refractivity contribution is -0.144. The summed E-state index contributed by atoms with van der Waals surface area (Å²) in [5.41, 5.74) is 5.40. The Morgan fingerprint density at radius 2 is 1.71 bits per heavy atom. The third kappa shape index (κ3) is 4.73. The Labute approximate surface area is 101 Å². The van der Waals surface area contributed by atoms with E-state index in [0.717, 1.165) is 25.7 Å². The maximum absolute atomic E-state index is 11.1. The van der Waals surface area contributed by atoms with E-state index >= 15 is 0 Å². The zero-order valence-corrected chi connectivity index (χ0v) is 9.97. The molecule has 0 aromatic carbocycles. The van der Waals surface area contributed by atoms with Crippen LogP contribution in [0.25, 0.3) is 0 Å². The fraction of sp³-hybridized carbons (Fsp3) is 0.833. The van der Waals surface area contributed by atoms with Gasteiger partial charge in [-0.15, -0.1) is 0 Å². The molecule has 1 rings (SSSR count). The lowest BCUT2D eigenvalue weighted by Crippen LogP contribution is -2.35. The maximum atomic E-state index is 11.1. The van der Waals surface area contributed by atoms with Crippen molar-refractivity contribution in [2.24, 2.45) is 17.6 Å². The first-order valence-electron chi connectivity index (χ1n) is 6.22. The molecule has 1 aliphatic rings. The minimum Gasteiger partial charge on any atom is -0.481 e. The van der Waals surface area contributed by atoms with Gasteiger partial charge in [0, 0.05) is 0 Å². The summed E-state index contributed by atoms with van der Waals surface area (Å²) in [6, 6.07) is -1.07. The Balaban J connectivity index is 2.47. The summed E-state index contributed by atoms with van der Waals surface area (Å²) < 4.78 is 0. The first kappa shape index (κ1) is 14.0. The minimum atomic E-state index is -1.13. The maximum Gasteiger partial charge on any atom is 0.320 e. The molecule has 1 saturated carbocycles. The molecule has 0 aromatic heterocycles. The van der Waals surface area contributed by atoms with Crippen molar-refractivity contribution in [1.29, 1.82) is 0 Å². The second-order valence-electron chi connectivity index (χ2n) is 4.96. The number of rotatable bonds is 6. The third-order valence-corrected chi connectivity index (χ3v) is 3.55. The Morgan fingerprint density at radius 1 is 1.12 bits per heavy atom. The molecule has 2 unspecified atom stereocenters. The zero-order chi connectivity index (χ0) is 12.8. The molecule has 0 radical (unpaired) electrons. The average molecular weight is 243 g/mol. The van der Waals surface area contributed by atoms with Crippen LogP contribution < -0.4 is 5.73 Å². The van der Waals surface area contributed by atoms with Crippen LogP contribution in [-0.4, -0.2) is 28.2 Å². The van der Waals surface area contributed by atoms with Gasteiger partial charge in [0.25, 0.3) is 0 Å². The summed E-state index contributed by atoms with van der Waals surface area (Å²) in [5, 5.41) is 17.8. The highest BCUT2D eigenvalue weighted by atomic mass is 16.4. The van der Waals surface area contributed by atoms with Gasteiger partial charge in [-0.25, -0.2) is 0 Å². The first-order chi connectivity index (χ1) is 8.00. The SMILES string of the molecule is NC(CC(CC1CCCCC1)C(=O)O)C(=O)O. The molecule has 1 aliphatic carbocycles. The van der Waals surface area contributed by atoms with E-state index in [9.17, 15) is 9.59 Å². The average Bonchev–Trinajstić information content (AvgIpc) is 2.29. The summed E-state index contributed by atoms with van der Waals surface area (Å²) in [5.74, 6) is -2.25. The van der Waals surface area contributed by atoms with Crippen LogP contribution >= 0.6 is 0 Å². The van der Waals surface area contributed by atoms with Crippen LogP contribution in [0.4, 0.5) is 0 Å². The van der Waals surface area contributed by atoms with E-state index < -0.39 is 23.9 Å². The number of hydrogen-bond donors (Lipinski definition) is 3. The highest BCUT2D eigenvalue weighted by molar-refractivity contribution is 5.75. The van der Waals surface area contributed by atoms with Crippen molar-refractivity contribution < 1.29 is 19.8 Å². The predicted octanol–water partition coefficient (Wildman–Crippen LogP) is 1.46. The molecule has 0 spiro atoms. The quantitative estimate of drug-likeness (QED) is 0.655. The largest absolute Gasteiger partial charge is 0.481 e. The molecule has 5 nitrogen and oxygen atoms in total. The fourth-order valence-corrected chi connectivity index (χ4v) is 2.53. The third-order valence-electron chi connectivity index (χ3n) is 3.55. The number of carbonyl (C=O) groups is 2. The van der Waals surface area contributed by atoms with Crippen molar-refractivity contribution in [3.05, 3.63) is 0 Å². The van der Waals surface area contributed by atoms with E-state index in [1.54, 1.807) is 0 Å². The molecule has 0 aliphatic heterocycles. The van der Waals surface area contributed by atoms with E-state index in [-0.39, 0.29) is 6.42 Å². The zero-order valence-electron chi connectivity index (χ0n) is 9.97. The molecule has 2 atom stereocenters. The molecule has 0 amide bonds. The van der Waals surface area contributed by atoms with Crippen molar-refractivity contribution in [1.82, 2.24) is 0 Å². The van der Waals surface area contributed by atoms with E-state index in [2.05, 4.69) is 0 Å². The summed E-state index contributed by atoms with van der Waals surface area (Å²) >= 11 is 0. The second kappa shape index (κ2) is 6.59. The van der Waals surface area contributed by atoms with Crippen molar-refractivity contribution in [3.8, 4) is 0 Å². The standard InChI is InChI=1S/C12H21NO4/c13-10(12(16)17)7-9(11(14)15)6-8-4-2-1-3-5-8/h8-10H,1-7,13H2,(H,14,15)(H,16,17). The van der Waals surface area contributed by atoms with Crippen LogP contribution in [0.15, 0.2) is 0 Å². The Bertz CT molecular complexity index is 274. The second-order valence-corrected chi connectivity index (χ2v) is 4.96. The van der Waals surface area contributed by atoms with Gasteiger partial charge in [0.1, 0.15) is 6.04 Å². The molecule has 1 fully saturated rings. The monoisotopic (exact) mass is 243 g/mol. The summed E-state index contributed by atoms with van der Waals surface area (Å²) in [6.07, 6.45) is 6.25. The van der Waals surface area contributed by atoms with E-state index in [1.807, 2.05) is 0 Å². The van der Waals surface area contributed by atoms with Gasteiger partial charge in [0.05, 0.1) is 5.92 Å². The molecule has 17 heavy (non-hydrogen) atoms. The Morgan fingerprint density at radius 3 is 2.18 bits per heavy atom. The van der Waals surface area contributed by atoms with E-state index in [0.29, 0.717) is 12.3 Å². The summed E-state index contributed by atoms with van der Waals surface area (Å²) in [6.45, 7) is 0. The Kier molecular flexibility index (Phi) is 5.41. The van der Waals surface area contributed by atoms with Gasteiger partial charge in [0.2, 0.25) is 0 Å². The van der Waals surface area contributed by atoms with Crippen LogP contribution in [-0.2, 0) is 9.59 Å². The molecule has 0 saturated heterocycles. The fourth-order valence-electron chi connectivity index (χ4n) is 2.53. The highest BCUT2D eigenvalue weighted by Gasteiger charge is 2.27. The van der Waals surface area contributed by atoms with Gasteiger partial charge in [-0.2, -0.15) is 0 Å². The number of nitrogens with two attached hydrogens (primary N) is 1. The number of carboxylic acids is 2. The topological polar surface area (TPSA) is 101 Å². The van der Waals surface area contributed by atoms with Gasteiger partial charge in [-0.1, -0.05) is 32.1 Å². The molecule has 98 valence electrons. The van der Waals surface area contributed by atoms with Crippen LogP contribution in [0, 0.1) is 11.8 Å². The molecular weight excluding hydrogens is 222 g/mol. The number of hydrogen-bond acceptors (Lipinski definition) is 3. The van der Waals surface area contributed by atoms with Crippen LogP contribution in [0.5, 0.6) is 0 Å². The molecule has 5 heteroatoms. The first-order valence-corrected chi connectivity index (χ1v) is 6.22. The Hall–Kier alpha value is -1.10. The van der Waals surface area contributed by atoms with Crippen molar-refractivity contribution in [3.63, 3.8) is 0 Å². The summed E-state index contributed by atoms with van der Waals surface area (Å²) in [4.78, 5) is 21.7. The summed E-state index contributed by atoms with van der Waals surface area (Å²) in [7, 11) is 0.